The van der Waals surface area contributed by atoms with Crippen molar-refractivity contribution in [2.75, 3.05) is 0 Å². The van der Waals surface area contributed by atoms with E-state index in [9.17, 15) is 0 Å². The van der Waals surface area contributed by atoms with Crippen LogP contribution in [0.1, 0.15) is 0 Å². The van der Waals surface area contributed by atoms with Crippen molar-refractivity contribution in [3.63, 3.8) is 0 Å². The molecule has 2 aromatic heterocycles. The van der Waals surface area contributed by atoms with E-state index in [0.29, 0.717) is 0 Å². The lowest BCUT2D eigenvalue weighted by Crippen LogP contribution is -2.38. The highest BCUT2D eigenvalue weighted by Gasteiger charge is 2.28. The van der Waals surface area contributed by atoms with E-state index in [1.807, 2.05) is 18.3 Å². The Kier molecular flexibility index (Phi) is 5.91. The molecule has 6 aromatic rings. The van der Waals surface area contributed by atoms with E-state index in [-0.39, 0.29) is 0 Å². The van der Waals surface area contributed by atoms with Gasteiger partial charge in [-0.1, -0.05) is 127 Å². The Hall–Kier alpha value is -4.82. The minimum absolute atomic E-state index is 0.881. The van der Waals surface area contributed by atoms with Crippen LogP contribution >= 0.6 is 0 Å². The van der Waals surface area contributed by atoms with E-state index in [0.717, 1.165) is 28.3 Å². The van der Waals surface area contributed by atoms with Crippen LogP contribution in [0.25, 0.3) is 50.6 Å². The molecule has 0 radical (unpaired) electrons. The van der Waals surface area contributed by atoms with Gasteiger partial charge in [0.2, 0.25) is 0 Å². The van der Waals surface area contributed by atoms with Crippen LogP contribution in [0, 0.1) is 0 Å². The van der Waals surface area contributed by atoms with Crippen LogP contribution in [0.5, 0.6) is 0 Å². The molecule has 0 aliphatic rings. The minimum atomic E-state index is 0.881. The van der Waals surface area contributed by atoms with Gasteiger partial charge in [0.15, 0.2) is 0 Å². The first-order chi connectivity index (χ1) is 17.9. The smallest absolute Gasteiger partial charge is 0.188 e. The van der Waals surface area contributed by atoms with Crippen molar-refractivity contribution in [3.05, 3.63) is 152 Å². The first kappa shape index (κ1) is 21.7. The number of pyridine rings is 2. The summed E-state index contributed by atoms with van der Waals surface area (Å²) in [6, 6.07) is 50.9. The van der Waals surface area contributed by atoms with Crippen molar-refractivity contribution in [2.45, 2.75) is 0 Å². The van der Waals surface area contributed by atoms with Crippen LogP contribution in [0.3, 0.4) is 0 Å². The summed E-state index contributed by atoms with van der Waals surface area (Å²) < 4.78 is 2.30. The van der Waals surface area contributed by atoms with E-state index in [2.05, 4.69) is 138 Å². The Morgan fingerprint density at radius 3 is 1.50 bits per heavy atom. The largest absolute Gasteiger partial charge is 0.328 e. The molecule has 36 heavy (non-hydrogen) atoms. The minimum Gasteiger partial charge on any atom is -0.188 e. The molecular weight excluding hydrogens is 436 g/mol. The molecule has 0 saturated heterocycles. The fourth-order valence-electron chi connectivity index (χ4n) is 4.79. The molecule has 0 fully saturated rings. The monoisotopic (exact) mass is 461 g/mol. The molecule has 4 aromatic carbocycles. The van der Waals surface area contributed by atoms with E-state index in [4.69, 9.17) is 4.98 Å². The van der Waals surface area contributed by atoms with Crippen molar-refractivity contribution >= 4 is 0 Å². The van der Waals surface area contributed by atoms with E-state index < -0.39 is 0 Å². The molecule has 2 heterocycles. The molecule has 2 heteroatoms. The van der Waals surface area contributed by atoms with Crippen molar-refractivity contribution in [2.24, 2.45) is 0 Å². The number of rotatable bonds is 5. The Bertz CT molecular complexity index is 1480. The Balaban J connectivity index is 1.84. The zero-order chi connectivity index (χ0) is 24.2. The van der Waals surface area contributed by atoms with Gasteiger partial charge in [0.1, 0.15) is 17.6 Å². The summed E-state index contributed by atoms with van der Waals surface area (Å²) in [6.45, 7) is 0. The van der Waals surface area contributed by atoms with Gasteiger partial charge in [0.25, 0.3) is 0 Å². The van der Waals surface area contributed by atoms with Crippen LogP contribution in [0.15, 0.2) is 152 Å². The summed E-state index contributed by atoms with van der Waals surface area (Å²) in [6.07, 6.45) is 1.86. The van der Waals surface area contributed by atoms with Gasteiger partial charge in [-0.2, -0.15) is 4.57 Å². The summed E-state index contributed by atoms with van der Waals surface area (Å²) in [7, 11) is 0. The maximum absolute atomic E-state index is 4.82. The molecule has 0 spiro atoms. The zero-order valence-corrected chi connectivity index (χ0v) is 19.8. The highest BCUT2D eigenvalue weighted by molar-refractivity contribution is 5.93. The predicted octanol–water partition coefficient (Wildman–Crippen LogP) is 8.03. The molecule has 0 saturated carbocycles. The first-order valence-corrected chi connectivity index (χ1v) is 12.2. The number of hydrogen-bond donors (Lipinski definition) is 0. The second-order valence-electron chi connectivity index (χ2n) is 8.65. The molecule has 2 nitrogen and oxygen atoms in total. The fraction of sp³-hybridized carbons (Fsp3) is 0. The second kappa shape index (κ2) is 9.81. The van der Waals surface area contributed by atoms with Gasteiger partial charge < -0.3 is 0 Å². The molecule has 0 atom stereocenters. The molecule has 0 unspecified atom stereocenters. The quantitative estimate of drug-likeness (QED) is 0.238. The van der Waals surface area contributed by atoms with Gasteiger partial charge in [-0.25, -0.2) is 0 Å². The normalized spacial score (nSPS) is 10.8. The van der Waals surface area contributed by atoms with Crippen LogP contribution in [-0.4, -0.2) is 4.98 Å². The number of nitrogens with zero attached hydrogens (tertiary/aromatic N) is 2. The predicted molar refractivity (Wildman–Crippen MR) is 148 cm³/mol. The lowest BCUT2D eigenvalue weighted by atomic mass is 9.89. The summed E-state index contributed by atoms with van der Waals surface area (Å²) in [5, 5.41) is 0. The molecule has 0 amide bonds. The second-order valence-corrected chi connectivity index (χ2v) is 8.65. The van der Waals surface area contributed by atoms with Gasteiger partial charge in [-0.3, -0.25) is 0 Å². The van der Waals surface area contributed by atoms with Gasteiger partial charge in [0.05, 0.1) is 0 Å². The molecule has 0 aliphatic carbocycles. The summed E-state index contributed by atoms with van der Waals surface area (Å²) in [5.74, 6) is 0.881. The average Bonchev–Trinajstić information content (AvgIpc) is 2.98. The van der Waals surface area contributed by atoms with Gasteiger partial charge in [-0.05, 0) is 33.8 Å². The van der Waals surface area contributed by atoms with Gasteiger partial charge >= 0.3 is 5.82 Å². The lowest BCUT2D eigenvalue weighted by Gasteiger charge is -2.20. The third kappa shape index (κ3) is 4.10. The zero-order valence-electron chi connectivity index (χ0n) is 19.8. The third-order valence-electron chi connectivity index (χ3n) is 6.39. The Morgan fingerprint density at radius 2 is 0.944 bits per heavy atom. The Labute approximate surface area is 211 Å². The van der Waals surface area contributed by atoms with E-state index in [1.54, 1.807) is 0 Å². The van der Waals surface area contributed by atoms with Crippen molar-refractivity contribution < 1.29 is 4.57 Å². The topological polar surface area (TPSA) is 16.8 Å². The SMILES string of the molecule is c1ccc(-c2cc(-c3ccccc3)[n+](-c3ccccn3)c(-c3ccccc3)c2-c2ccccc2)cc1. The first-order valence-electron chi connectivity index (χ1n) is 12.2. The highest BCUT2D eigenvalue weighted by atomic mass is 15.1. The van der Waals surface area contributed by atoms with Gasteiger partial charge in [-0.15, -0.1) is 0 Å². The van der Waals surface area contributed by atoms with Gasteiger partial charge in [0, 0.05) is 22.8 Å². The molecule has 0 N–H and O–H groups in total. The number of benzene rings is 4. The van der Waals surface area contributed by atoms with Crippen molar-refractivity contribution in [3.8, 4) is 50.6 Å². The summed E-state index contributed by atoms with van der Waals surface area (Å²) >= 11 is 0. The fourth-order valence-corrected chi connectivity index (χ4v) is 4.79. The van der Waals surface area contributed by atoms with Crippen LogP contribution in [-0.2, 0) is 0 Å². The van der Waals surface area contributed by atoms with Crippen LogP contribution in [0.2, 0.25) is 0 Å². The molecule has 6 rings (SSSR count). The molecule has 170 valence electrons. The highest BCUT2D eigenvalue weighted by Crippen LogP contribution is 2.41. The van der Waals surface area contributed by atoms with E-state index in [1.165, 1.54) is 22.3 Å². The number of hydrogen-bond acceptors (Lipinski definition) is 1. The summed E-state index contributed by atoms with van der Waals surface area (Å²) in [5.41, 5.74) is 9.19. The average molecular weight is 462 g/mol. The molecule has 0 aliphatic heterocycles. The number of aromatic nitrogens is 2. The van der Waals surface area contributed by atoms with Crippen molar-refractivity contribution in [1.82, 2.24) is 4.98 Å². The third-order valence-corrected chi connectivity index (χ3v) is 6.39. The lowest BCUT2D eigenvalue weighted by molar-refractivity contribution is -0.575. The van der Waals surface area contributed by atoms with Crippen molar-refractivity contribution in [1.29, 1.82) is 0 Å². The van der Waals surface area contributed by atoms with Crippen LogP contribution < -0.4 is 4.57 Å². The molecule has 0 bridgehead atoms. The maximum atomic E-state index is 4.82. The standard InChI is InChI=1S/C34H25N2/c1-5-15-26(16-6-1)30-25-31(27-17-7-2-8-18-27)36(32-23-13-14-24-35-32)34(29-21-11-4-12-22-29)33(30)28-19-9-3-10-20-28/h1-25H/q+1. The Morgan fingerprint density at radius 1 is 0.444 bits per heavy atom. The van der Waals surface area contributed by atoms with E-state index >= 15 is 0 Å². The maximum Gasteiger partial charge on any atom is 0.328 e. The summed E-state index contributed by atoms with van der Waals surface area (Å²) in [4.78, 5) is 4.82. The molecular formula is C34H25N2+. The van der Waals surface area contributed by atoms with Crippen LogP contribution in [0.4, 0.5) is 0 Å².